The van der Waals surface area contributed by atoms with Gasteiger partial charge in [0.2, 0.25) is 0 Å². The molecule has 0 aliphatic carbocycles. The Morgan fingerprint density at radius 3 is 1.56 bits per heavy atom. The maximum atomic E-state index is 13.6. The summed E-state index contributed by atoms with van der Waals surface area (Å²) in [7, 11) is 3.84. The predicted molar refractivity (Wildman–Crippen MR) is 251 cm³/mol. The number of ether oxygens (including phenoxy) is 2. The average Bonchev–Trinajstić information content (AvgIpc) is 3.78. The standard InChI is InChI=1S/C24H30ClN5O2.C23H27ClFN5O2/c1-14-9-11-30(14)24-15(2)22(21-16(3)29-32-17(21)4)27-23(28-24)19-13-18(7-8-20(19)25)31-12-6-10-26-5;1-13-21(20-14(2)29-32-15(20)3)27-22(28-23(13)30-11-16(25)12-30)18-10-17(6-7-19(18)24)31-9-5-8-26-4/h7-8,13-14,26H,6,9-12H2,1-5H3;6-7,10,16,26H,5,8-9,11-12H2,1-4H3. The van der Waals surface area contributed by atoms with Gasteiger partial charge in [-0.25, -0.2) is 24.3 Å². The number of halogens is 3. The van der Waals surface area contributed by atoms with Gasteiger partial charge in [0.05, 0.1) is 70.3 Å². The first-order chi connectivity index (χ1) is 30.8. The number of hydrogen-bond donors (Lipinski definition) is 2. The molecule has 6 aromatic rings. The molecule has 8 rings (SSSR count). The van der Waals surface area contributed by atoms with Crippen molar-refractivity contribution >= 4 is 34.8 Å². The van der Waals surface area contributed by atoms with Crippen molar-refractivity contribution in [1.29, 1.82) is 0 Å². The number of aromatic nitrogens is 6. The first kappa shape index (κ1) is 46.6. The number of benzene rings is 2. The van der Waals surface area contributed by atoms with E-state index in [1.807, 2.05) is 83.9 Å². The van der Waals surface area contributed by atoms with Gasteiger partial charge >= 0.3 is 0 Å². The van der Waals surface area contributed by atoms with Crippen molar-refractivity contribution in [3.63, 3.8) is 0 Å². The van der Waals surface area contributed by atoms with E-state index < -0.39 is 6.17 Å². The third kappa shape index (κ3) is 10.1. The number of nitrogens with one attached hydrogen (secondary N) is 2. The lowest BCUT2D eigenvalue weighted by molar-refractivity contribution is 0.273. The summed E-state index contributed by atoms with van der Waals surface area (Å²) in [5.74, 6) is 5.50. The molecule has 4 aromatic heterocycles. The minimum absolute atomic E-state index is 0.306. The zero-order valence-electron chi connectivity index (χ0n) is 38.0. The highest BCUT2D eigenvalue weighted by Crippen LogP contribution is 2.40. The summed E-state index contributed by atoms with van der Waals surface area (Å²) in [4.78, 5) is 23.8. The lowest BCUT2D eigenvalue weighted by Crippen LogP contribution is -2.49. The van der Waals surface area contributed by atoms with Gasteiger partial charge in [0.1, 0.15) is 40.8 Å². The number of anilines is 2. The first-order valence-corrected chi connectivity index (χ1v) is 22.5. The van der Waals surface area contributed by atoms with Gasteiger partial charge in [-0.05, 0) is 131 Å². The van der Waals surface area contributed by atoms with E-state index in [4.69, 9.17) is 61.7 Å². The Morgan fingerprint density at radius 2 is 1.17 bits per heavy atom. The molecular formula is C47H57Cl2FN10O4. The van der Waals surface area contributed by atoms with Crippen LogP contribution in [0, 0.1) is 41.5 Å². The van der Waals surface area contributed by atoms with Crippen LogP contribution in [0.15, 0.2) is 45.4 Å². The molecule has 2 aliphatic heterocycles. The van der Waals surface area contributed by atoms with Gasteiger partial charge in [0.15, 0.2) is 11.6 Å². The van der Waals surface area contributed by atoms with Gasteiger partial charge in [-0.3, -0.25) is 0 Å². The zero-order chi connectivity index (χ0) is 45.7. The van der Waals surface area contributed by atoms with E-state index in [0.717, 1.165) is 101 Å². The highest BCUT2D eigenvalue weighted by Gasteiger charge is 2.32. The van der Waals surface area contributed by atoms with Crippen LogP contribution in [0.4, 0.5) is 16.0 Å². The largest absolute Gasteiger partial charge is 0.494 e. The van der Waals surface area contributed by atoms with Crippen molar-refractivity contribution in [2.24, 2.45) is 0 Å². The maximum absolute atomic E-state index is 13.6. The summed E-state index contributed by atoms with van der Waals surface area (Å²) in [6, 6.07) is 11.5. The van der Waals surface area contributed by atoms with Crippen LogP contribution >= 0.6 is 23.2 Å². The van der Waals surface area contributed by atoms with Crippen LogP contribution in [-0.2, 0) is 0 Å². The summed E-state index contributed by atoms with van der Waals surface area (Å²) in [5, 5.41) is 15.5. The third-order valence-corrected chi connectivity index (χ3v) is 12.2. The number of hydrogen-bond acceptors (Lipinski definition) is 14. The second-order valence-electron chi connectivity index (χ2n) is 16.3. The first-order valence-electron chi connectivity index (χ1n) is 21.7. The Balaban J connectivity index is 0.000000191. The molecule has 340 valence electrons. The molecule has 2 fully saturated rings. The lowest BCUT2D eigenvalue weighted by atomic mass is 10.0. The summed E-state index contributed by atoms with van der Waals surface area (Å²) >= 11 is 13.2. The molecule has 0 bridgehead atoms. The fourth-order valence-corrected chi connectivity index (χ4v) is 8.21. The molecule has 2 N–H and O–H groups in total. The molecule has 17 heteroatoms. The normalized spacial score (nSPS) is 14.8. The van der Waals surface area contributed by atoms with Crippen LogP contribution in [0.3, 0.4) is 0 Å². The topological polar surface area (TPSA) is 153 Å². The molecule has 2 saturated heterocycles. The van der Waals surface area contributed by atoms with E-state index in [2.05, 4.69) is 39.7 Å². The highest BCUT2D eigenvalue weighted by molar-refractivity contribution is 6.33. The van der Waals surface area contributed by atoms with Crippen molar-refractivity contribution in [3.05, 3.63) is 80.5 Å². The Hall–Kier alpha value is -5.35. The Morgan fingerprint density at radius 1 is 0.703 bits per heavy atom. The van der Waals surface area contributed by atoms with Crippen LogP contribution in [0.2, 0.25) is 10.0 Å². The summed E-state index contributed by atoms with van der Waals surface area (Å²) in [6.45, 7) is 18.4. The highest BCUT2D eigenvalue weighted by atomic mass is 35.5. The number of aryl methyl sites for hydroxylation is 4. The van der Waals surface area contributed by atoms with Gasteiger partial charge in [-0.1, -0.05) is 33.5 Å². The van der Waals surface area contributed by atoms with Gasteiger partial charge in [-0.2, -0.15) is 0 Å². The molecule has 2 aliphatic rings. The average molecular weight is 916 g/mol. The quantitative estimate of drug-likeness (QED) is 0.0887. The van der Waals surface area contributed by atoms with Crippen LogP contribution in [-0.4, -0.2) is 102 Å². The summed E-state index contributed by atoms with van der Waals surface area (Å²) < 4.78 is 36.3. The summed E-state index contributed by atoms with van der Waals surface area (Å²) in [6.07, 6.45) is 2.10. The van der Waals surface area contributed by atoms with E-state index in [1.54, 1.807) is 6.07 Å². The molecule has 0 spiro atoms. The van der Waals surface area contributed by atoms with E-state index in [9.17, 15) is 4.39 Å². The van der Waals surface area contributed by atoms with Crippen LogP contribution in [0.5, 0.6) is 11.5 Å². The Kier molecular flexibility index (Phi) is 15.0. The third-order valence-electron chi connectivity index (χ3n) is 11.5. The number of rotatable bonds is 16. The number of alkyl halides is 1. The van der Waals surface area contributed by atoms with Crippen LogP contribution in [0.25, 0.3) is 45.3 Å². The van der Waals surface area contributed by atoms with Gasteiger partial charge in [0.25, 0.3) is 0 Å². The smallest absolute Gasteiger partial charge is 0.163 e. The van der Waals surface area contributed by atoms with Crippen molar-refractivity contribution in [2.75, 3.05) is 69.8 Å². The van der Waals surface area contributed by atoms with Crippen molar-refractivity contribution in [3.8, 4) is 56.8 Å². The zero-order valence-corrected chi connectivity index (χ0v) is 39.5. The maximum Gasteiger partial charge on any atom is 0.163 e. The van der Waals surface area contributed by atoms with Crippen molar-refractivity contribution in [1.82, 2.24) is 40.9 Å². The summed E-state index contributed by atoms with van der Waals surface area (Å²) in [5.41, 5.74) is 8.10. The fraction of sp³-hybridized carbons (Fsp3) is 0.447. The second kappa shape index (κ2) is 20.7. The molecular weight excluding hydrogens is 858 g/mol. The molecule has 14 nitrogen and oxygen atoms in total. The Bertz CT molecular complexity index is 2540. The monoisotopic (exact) mass is 914 g/mol. The lowest BCUT2D eigenvalue weighted by Gasteiger charge is -2.40. The molecule has 1 unspecified atom stereocenters. The molecule has 0 amide bonds. The second-order valence-corrected chi connectivity index (χ2v) is 17.1. The van der Waals surface area contributed by atoms with Gasteiger partial charge in [-0.15, -0.1) is 0 Å². The van der Waals surface area contributed by atoms with E-state index in [-0.39, 0.29) is 0 Å². The minimum atomic E-state index is -0.853. The predicted octanol–water partition coefficient (Wildman–Crippen LogP) is 9.49. The molecule has 0 radical (unpaired) electrons. The van der Waals surface area contributed by atoms with Crippen LogP contribution < -0.4 is 29.9 Å². The van der Waals surface area contributed by atoms with Crippen LogP contribution in [0.1, 0.15) is 60.2 Å². The Labute approximate surface area is 384 Å². The molecule has 0 saturated carbocycles. The molecule has 6 heterocycles. The van der Waals surface area contributed by atoms with E-state index in [0.29, 0.717) is 82.6 Å². The van der Waals surface area contributed by atoms with E-state index in [1.165, 1.54) is 0 Å². The molecule has 2 aromatic carbocycles. The van der Waals surface area contributed by atoms with E-state index >= 15 is 0 Å². The van der Waals surface area contributed by atoms with Crippen molar-refractivity contribution in [2.45, 2.75) is 79.9 Å². The minimum Gasteiger partial charge on any atom is -0.494 e. The molecule has 64 heavy (non-hydrogen) atoms. The SMILES string of the molecule is CNCCCOc1ccc(Cl)c(-c2nc(-c3c(C)noc3C)c(C)c(N3CC(F)C3)n2)c1.CNCCCOc1ccc(Cl)c(-c2nc(-c3c(C)noc3C)c(C)c(N3CCC3C)n2)c1. The van der Waals surface area contributed by atoms with Crippen molar-refractivity contribution < 1.29 is 22.9 Å². The fourth-order valence-electron chi connectivity index (χ4n) is 7.80. The van der Waals surface area contributed by atoms with Gasteiger partial charge < -0.3 is 39.0 Å². The van der Waals surface area contributed by atoms with Gasteiger partial charge in [0, 0.05) is 34.8 Å². The number of nitrogens with zero attached hydrogens (tertiary/aromatic N) is 8. The molecule has 1 atom stereocenters.